The van der Waals surface area contributed by atoms with Gasteiger partial charge in [-0.05, 0) is 54.4 Å². The summed E-state index contributed by atoms with van der Waals surface area (Å²) in [6.07, 6.45) is 3.06. The van der Waals surface area contributed by atoms with Gasteiger partial charge in [-0.15, -0.1) is 0 Å². The minimum absolute atomic E-state index is 0.227. The number of benzene rings is 3. The zero-order chi connectivity index (χ0) is 24.9. The van der Waals surface area contributed by atoms with Crippen LogP contribution in [0.4, 0.5) is 0 Å². The van der Waals surface area contributed by atoms with Gasteiger partial charge in [-0.25, -0.2) is 4.98 Å². The topological polar surface area (TPSA) is 65.7 Å². The van der Waals surface area contributed by atoms with E-state index in [0.29, 0.717) is 46.8 Å². The van der Waals surface area contributed by atoms with Gasteiger partial charge in [0.15, 0.2) is 11.5 Å². The predicted molar refractivity (Wildman–Crippen MR) is 150 cm³/mol. The molecule has 4 aromatic rings. The molecular weight excluding hydrogens is 642 g/mol. The third kappa shape index (κ3) is 6.02. The second-order valence-corrected chi connectivity index (χ2v) is 10.5. The minimum Gasteiger partial charge on any atom is -0.493 e. The van der Waals surface area contributed by atoms with Crippen LogP contribution in [0.1, 0.15) is 30.3 Å². The maximum absolute atomic E-state index is 13.3. The van der Waals surface area contributed by atoms with E-state index in [0.717, 1.165) is 25.4 Å². The van der Waals surface area contributed by atoms with E-state index < -0.39 is 0 Å². The first kappa shape index (κ1) is 25.6. The molecule has 0 atom stereocenters. The van der Waals surface area contributed by atoms with Crippen LogP contribution in [0.2, 0.25) is 0 Å². The normalized spacial score (nSPS) is 11.3. The largest absolute Gasteiger partial charge is 0.493 e. The highest BCUT2D eigenvalue weighted by molar-refractivity contribution is 9.11. The van der Waals surface area contributed by atoms with Gasteiger partial charge in [0.05, 0.1) is 24.2 Å². The molecule has 0 unspecified atom stereocenters. The molecule has 1 heterocycles. The Balaban J connectivity index is 1.77. The molecule has 35 heavy (non-hydrogen) atoms. The van der Waals surface area contributed by atoms with Crippen molar-refractivity contribution in [3.63, 3.8) is 0 Å². The molecule has 6 nitrogen and oxygen atoms in total. The maximum atomic E-state index is 13.3. The summed E-state index contributed by atoms with van der Waals surface area (Å²) in [5.74, 6) is 1.69. The highest BCUT2D eigenvalue weighted by Gasteiger charge is 2.14. The Morgan fingerprint density at radius 1 is 1.00 bits per heavy atom. The monoisotopic (exact) mass is 661 g/mol. The van der Waals surface area contributed by atoms with E-state index in [9.17, 15) is 4.79 Å². The number of hydrogen-bond donors (Lipinski definition) is 0. The molecule has 0 saturated carbocycles. The van der Waals surface area contributed by atoms with Gasteiger partial charge in [0.1, 0.15) is 12.4 Å². The first-order chi connectivity index (χ1) is 16.9. The molecule has 0 aliphatic carbocycles. The van der Waals surface area contributed by atoms with Crippen molar-refractivity contribution in [3.05, 3.63) is 95.3 Å². The van der Waals surface area contributed by atoms with Gasteiger partial charge < -0.3 is 9.47 Å². The third-order valence-electron chi connectivity index (χ3n) is 5.23. The zero-order valence-electron chi connectivity index (χ0n) is 19.1. The van der Waals surface area contributed by atoms with Gasteiger partial charge in [-0.2, -0.15) is 9.78 Å². The van der Waals surface area contributed by atoms with Gasteiger partial charge in [-0.1, -0.05) is 66.8 Å². The molecule has 180 valence electrons. The predicted octanol–water partition coefficient (Wildman–Crippen LogP) is 7.11. The van der Waals surface area contributed by atoms with Gasteiger partial charge in [-0.3, -0.25) is 4.79 Å². The van der Waals surface area contributed by atoms with Crippen LogP contribution >= 0.6 is 47.8 Å². The molecule has 4 rings (SSSR count). The molecule has 0 fully saturated rings. The summed E-state index contributed by atoms with van der Waals surface area (Å²) >= 11 is 10.4. The van der Waals surface area contributed by atoms with Crippen LogP contribution in [0.5, 0.6) is 11.5 Å². The van der Waals surface area contributed by atoms with E-state index in [2.05, 4.69) is 52.9 Å². The number of aromatic nitrogens is 2. The Hall–Kier alpha value is -2.49. The summed E-state index contributed by atoms with van der Waals surface area (Å²) in [7, 11) is 1.59. The van der Waals surface area contributed by atoms with Crippen molar-refractivity contribution in [1.29, 1.82) is 0 Å². The lowest BCUT2D eigenvalue weighted by atomic mass is 10.2. The lowest BCUT2D eigenvalue weighted by Gasteiger charge is -2.14. The summed E-state index contributed by atoms with van der Waals surface area (Å²) in [5.41, 5.74) is 2.09. The molecule has 0 aliphatic heterocycles. The van der Waals surface area contributed by atoms with Gasteiger partial charge in [0, 0.05) is 25.4 Å². The van der Waals surface area contributed by atoms with Crippen LogP contribution in [0, 0.1) is 0 Å². The molecule has 1 aromatic heterocycles. The SMILES string of the molecule is CCCc1nc2ccc(Br)cc2c(=O)n1N=Cc1cc(Br)cc(OC)c1OCc1ccc(Br)cc1. The number of rotatable bonds is 8. The number of ether oxygens (including phenoxy) is 2. The molecule has 9 heteroatoms. The maximum Gasteiger partial charge on any atom is 0.282 e. The number of methoxy groups -OCH3 is 1. The molecule has 3 aromatic carbocycles. The quantitative estimate of drug-likeness (QED) is 0.189. The number of fused-ring (bicyclic) bond motifs is 1. The third-order valence-corrected chi connectivity index (χ3v) is 6.71. The van der Waals surface area contributed by atoms with Gasteiger partial charge >= 0.3 is 0 Å². The van der Waals surface area contributed by atoms with Crippen LogP contribution in [0.25, 0.3) is 10.9 Å². The lowest BCUT2D eigenvalue weighted by molar-refractivity contribution is 0.284. The Kier molecular flexibility index (Phi) is 8.41. The van der Waals surface area contributed by atoms with Crippen LogP contribution in [-0.4, -0.2) is 23.0 Å². The smallest absolute Gasteiger partial charge is 0.282 e. The summed E-state index contributed by atoms with van der Waals surface area (Å²) in [5, 5.41) is 5.05. The van der Waals surface area contributed by atoms with Crippen molar-refractivity contribution in [2.75, 3.05) is 7.11 Å². The fraction of sp³-hybridized carbons (Fsp3) is 0.192. The number of halogens is 3. The number of nitrogens with zero attached hydrogens (tertiary/aromatic N) is 3. The molecule has 0 aliphatic rings. The van der Waals surface area contributed by atoms with Gasteiger partial charge in [0.2, 0.25) is 0 Å². The van der Waals surface area contributed by atoms with Gasteiger partial charge in [0.25, 0.3) is 5.56 Å². The average Bonchev–Trinajstić information content (AvgIpc) is 2.84. The van der Waals surface area contributed by atoms with E-state index in [1.54, 1.807) is 19.4 Å². The fourth-order valence-electron chi connectivity index (χ4n) is 3.55. The molecule has 0 bridgehead atoms. The summed E-state index contributed by atoms with van der Waals surface area (Å²) in [6.45, 7) is 2.39. The molecule has 0 saturated heterocycles. The first-order valence-corrected chi connectivity index (χ1v) is 13.3. The van der Waals surface area contributed by atoms with E-state index in [-0.39, 0.29) is 5.56 Å². The highest BCUT2D eigenvalue weighted by Crippen LogP contribution is 2.34. The standard InChI is InChI=1S/C26H22Br3N3O3/c1-3-4-24-31-22-10-9-19(28)12-21(22)26(33)32(24)30-14-17-11-20(29)13-23(34-2)25(17)35-15-16-5-7-18(27)8-6-16/h5-14H,3-4,15H2,1-2H3. The molecule has 0 N–H and O–H groups in total. The summed E-state index contributed by atoms with van der Waals surface area (Å²) < 4.78 is 15.7. The second-order valence-electron chi connectivity index (χ2n) is 7.74. The van der Waals surface area contributed by atoms with Crippen molar-refractivity contribution >= 4 is 64.9 Å². The van der Waals surface area contributed by atoms with Crippen molar-refractivity contribution in [2.45, 2.75) is 26.4 Å². The van der Waals surface area contributed by atoms with Crippen LogP contribution in [0.15, 0.2) is 77.9 Å². The number of aryl methyl sites for hydroxylation is 1. The molecule has 0 amide bonds. The fourth-order valence-corrected chi connectivity index (χ4v) is 4.63. The Morgan fingerprint density at radius 3 is 2.46 bits per heavy atom. The minimum atomic E-state index is -0.227. The summed E-state index contributed by atoms with van der Waals surface area (Å²) in [6, 6.07) is 17.1. The molecular formula is C26H22Br3N3O3. The van der Waals surface area contributed by atoms with Crippen molar-refractivity contribution in [2.24, 2.45) is 5.10 Å². The highest BCUT2D eigenvalue weighted by atomic mass is 79.9. The Morgan fingerprint density at radius 2 is 1.74 bits per heavy atom. The van der Waals surface area contributed by atoms with Crippen LogP contribution in [0.3, 0.4) is 0 Å². The number of hydrogen-bond acceptors (Lipinski definition) is 5. The first-order valence-electron chi connectivity index (χ1n) is 10.9. The Labute approximate surface area is 228 Å². The van der Waals surface area contributed by atoms with Crippen LogP contribution in [-0.2, 0) is 13.0 Å². The van der Waals surface area contributed by atoms with Crippen molar-refractivity contribution in [1.82, 2.24) is 9.66 Å². The van der Waals surface area contributed by atoms with Crippen molar-refractivity contribution in [3.8, 4) is 11.5 Å². The van der Waals surface area contributed by atoms with E-state index in [1.165, 1.54) is 4.68 Å². The summed E-state index contributed by atoms with van der Waals surface area (Å²) in [4.78, 5) is 18.0. The van der Waals surface area contributed by atoms with E-state index in [1.807, 2.05) is 55.5 Å². The molecule has 0 radical (unpaired) electrons. The lowest BCUT2D eigenvalue weighted by Crippen LogP contribution is -2.22. The van der Waals surface area contributed by atoms with E-state index >= 15 is 0 Å². The van der Waals surface area contributed by atoms with E-state index in [4.69, 9.17) is 14.5 Å². The van der Waals surface area contributed by atoms with Crippen molar-refractivity contribution < 1.29 is 9.47 Å². The average molecular weight is 664 g/mol. The zero-order valence-corrected chi connectivity index (χ0v) is 23.9. The Bertz CT molecular complexity index is 1450. The van der Waals surface area contributed by atoms with Crippen LogP contribution < -0.4 is 15.0 Å². The second kappa shape index (κ2) is 11.5. The molecule has 0 spiro atoms.